The molecule has 0 fully saturated rings. The molecule has 1 amide bonds. The predicted octanol–water partition coefficient (Wildman–Crippen LogP) is 4.52. The van der Waals surface area contributed by atoms with Crippen molar-refractivity contribution in [1.82, 2.24) is 0 Å². The molecular formula is C24H23ClN2O5S. The molecule has 0 bridgehead atoms. The summed E-state index contributed by atoms with van der Waals surface area (Å²) in [5, 5.41) is 2.79. The van der Waals surface area contributed by atoms with Gasteiger partial charge in [-0.2, -0.15) is 0 Å². The number of carbonyl (C=O) groups is 2. The number of rotatable bonds is 8. The number of sulfonamides is 1. The average molecular weight is 487 g/mol. The minimum absolute atomic E-state index is 0.0665. The van der Waals surface area contributed by atoms with Crippen LogP contribution in [-0.4, -0.2) is 33.9 Å². The molecule has 7 nitrogen and oxygen atoms in total. The molecule has 0 saturated carbocycles. The number of hydrogen-bond acceptors (Lipinski definition) is 5. The van der Waals surface area contributed by atoms with Crippen molar-refractivity contribution in [2.24, 2.45) is 0 Å². The lowest BCUT2D eigenvalue weighted by Crippen LogP contribution is -2.38. The van der Waals surface area contributed by atoms with Crippen LogP contribution in [0.3, 0.4) is 0 Å². The highest BCUT2D eigenvalue weighted by Gasteiger charge is 2.27. The molecule has 3 aromatic rings. The van der Waals surface area contributed by atoms with E-state index in [1.165, 1.54) is 37.4 Å². The molecule has 0 unspecified atom stereocenters. The molecule has 0 heterocycles. The van der Waals surface area contributed by atoms with Crippen molar-refractivity contribution in [2.75, 3.05) is 23.3 Å². The number of nitrogens with one attached hydrogen (secondary N) is 1. The first-order valence-corrected chi connectivity index (χ1v) is 11.9. The van der Waals surface area contributed by atoms with Crippen molar-refractivity contribution < 1.29 is 22.7 Å². The van der Waals surface area contributed by atoms with Crippen LogP contribution in [0.25, 0.3) is 0 Å². The summed E-state index contributed by atoms with van der Waals surface area (Å²) >= 11 is 6.02. The summed E-state index contributed by atoms with van der Waals surface area (Å²) in [4.78, 5) is 24.8. The number of methoxy groups -OCH3 is 1. The van der Waals surface area contributed by atoms with E-state index in [-0.39, 0.29) is 21.2 Å². The van der Waals surface area contributed by atoms with E-state index in [1.807, 2.05) is 19.1 Å². The first kappa shape index (κ1) is 24.3. The van der Waals surface area contributed by atoms with E-state index in [0.717, 1.165) is 16.3 Å². The summed E-state index contributed by atoms with van der Waals surface area (Å²) < 4.78 is 32.5. The zero-order valence-corrected chi connectivity index (χ0v) is 19.7. The number of amides is 1. The van der Waals surface area contributed by atoms with Crippen molar-refractivity contribution in [1.29, 1.82) is 0 Å². The Hall–Kier alpha value is -3.36. The number of benzene rings is 3. The van der Waals surface area contributed by atoms with Crippen molar-refractivity contribution in [2.45, 2.75) is 18.2 Å². The van der Waals surface area contributed by atoms with Crippen molar-refractivity contribution in [3.05, 3.63) is 88.9 Å². The highest BCUT2D eigenvalue weighted by Crippen LogP contribution is 2.25. The van der Waals surface area contributed by atoms with Gasteiger partial charge in [0.15, 0.2) is 0 Å². The van der Waals surface area contributed by atoms with Crippen molar-refractivity contribution in [3.8, 4) is 0 Å². The van der Waals surface area contributed by atoms with E-state index in [2.05, 4.69) is 10.1 Å². The van der Waals surface area contributed by atoms with Gasteiger partial charge in [0.05, 0.1) is 28.3 Å². The topological polar surface area (TPSA) is 92.8 Å². The zero-order chi connectivity index (χ0) is 24.0. The molecule has 0 saturated heterocycles. The summed E-state index contributed by atoms with van der Waals surface area (Å²) in [6.45, 7) is 1.52. The standard InChI is InChI=1S/C24H23ClN2O5S/c1-3-17-9-12-19(13-10-17)27(33(30,31)20-7-5-4-6-8-20)16-23(28)26-18-11-14-22(25)21(15-18)24(29)32-2/h4-15H,3,16H2,1-2H3,(H,26,28). The van der Waals surface area contributed by atoms with Crippen LogP contribution >= 0.6 is 11.6 Å². The van der Waals surface area contributed by atoms with E-state index in [0.29, 0.717) is 5.69 Å². The first-order chi connectivity index (χ1) is 15.8. The van der Waals surface area contributed by atoms with Gasteiger partial charge < -0.3 is 10.1 Å². The highest BCUT2D eigenvalue weighted by molar-refractivity contribution is 7.92. The minimum atomic E-state index is -4.02. The molecule has 0 atom stereocenters. The number of halogens is 1. The zero-order valence-electron chi connectivity index (χ0n) is 18.1. The molecule has 0 aliphatic heterocycles. The van der Waals surface area contributed by atoms with Gasteiger partial charge in [0.25, 0.3) is 10.0 Å². The number of ether oxygens (including phenoxy) is 1. The van der Waals surface area contributed by atoms with Crippen LogP contribution in [0.5, 0.6) is 0 Å². The van der Waals surface area contributed by atoms with Gasteiger partial charge in [-0.05, 0) is 54.4 Å². The Morgan fingerprint density at radius 2 is 1.67 bits per heavy atom. The molecule has 0 aliphatic carbocycles. The van der Waals surface area contributed by atoms with E-state index < -0.39 is 28.4 Å². The van der Waals surface area contributed by atoms with E-state index >= 15 is 0 Å². The third-order valence-electron chi connectivity index (χ3n) is 4.91. The van der Waals surface area contributed by atoms with Gasteiger partial charge in [0.1, 0.15) is 6.54 Å². The van der Waals surface area contributed by atoms with Gasteiger partial charge in [-0.3, -0.25) is 9.10 Å². The van der Waals surface area contributed by atoms with E-state index in [1.54, 1.807) is 30.3 Å². The van der Waals surface area contributed by atoms with Gasteiger partial charge in [-0.25, -0.2) is 13.2 Å². The number of nitrogens with zero attached hydrogens (tertiary/aromatic N) is 1. The van der Waals surface area contributed by atoms with Crippen LogP contribution < -0.4 is 9.62 Å². The number of hydrogen-bond donors (Lipinski definition) is 1. The minimum Gasteiger partial charge on any atom is -0.465 e. The normalized spacial score (nSPS) is 11.0. The number of aryl methyl sites for hydroxylation is 1. The fourth-order valence-electron chi connectivity index (χ4n) is 3.13. The Morgan fingerprint density at radius 3 is 2.27 bits per heavy atom. The molecule has 172 valence electrons. The summed E-state index contributed by atoms with van der Waals surface area (Å²) in [7, 11) is -2.79. The SMILES string of the molecule is CCc1ccc(N(CC(=O)Nc2ccc(Cl)c(C(=O)OC)c2)S(=O)(=O)c2ccccc2)cc1. The molecule has 0 aliphatic rings. The fraction of sp³-hybridized carbons (Fsp3) is 0.167. The van der Waals surface area contributed by atoms with Gasteiger partial charge in [0.2, 0.25) is 5.91 Å². The lowest BCUT2D eigenvalue weighted by Gasteiger charge is -2.24. The maximum Gasteiger partial charge on any atom is 0.339 e. The molecule has 0 aromatic heterocycles. The molecule has 33 heavy (non-hydrogen) atoms. The Labute approximate surface area is 198 Å². The Morgan fingerprint density at radius 1 is 1.00 bits per heavy atom. The number of carbonyl (C=O) groups excluding carboxylic acids is 2. The van der Waals surface area contributed by atoms with Gasteiger partial charge in [-0.15, -0.1) is 0 Å². The fourth-order valence-corrected chi connectivity index (χ4v) is 4.77. The maximum absolute atomic E-state index is 13.4. The second-order valence-electron chi connectivity index (χ2n) is 7.08. The second kappa shape index (κ2) is 10.5. The van der Waals surface area contributed by atoms with E-state index in [9.17, 15) is 18.0 Å². The second-order valence-corrected chi connectivity index (χ2v) is 9.35. The molecule has 0 spiro atoms. The summed E-state index contributed by atoms with van der Waals surface area (Å²) in [6.07, 6.45) is 0.797. The van der Waals surface area contributed by atoms with Crippen LogP contribution in [-0.2, 0) is 26.0 Å². The third kappa shape index (κ3) is 5.71. The highest BCUT2D eigenvalue weighted by atomic mass is 35.5. The Bertz CT molecular complexity index is 1250. The maximum atomic E-state index is 13.4. The van der Waals surface area contributed by atoms with Crippen LogP contribution in [0.1, 0.15) is 22.8 Å². The monoisotopic (exact) mass is 486 g/mol. The van der Waals surface area contributed by atoms with Crippen LogP contribution in [0, 0.1) is 0 Å². The first-order valence-electron chi connectivity index (χ1n) is 10.1. The number of anilines is 2. The summed E-state index contributed by atoms with van der Waals surface area (Å²) in [5.41, 5.74) is 1.76. The van der Waals surface area contributed by atoms with E-state index in [4.69, 9.17) is 11.6 Å². The third-order valence-corrected chi connectivity index (χ3v) is 7.02. The van der Waals surface area contributed by atoms with Gasteiger partial charge in [0, 0.05) is 5.69 Å². The number of esters is 1. The predicted molar refractivity (Wildman–Crippen MR) is 128 cm³/mol. The largest absolute Gasteiger partial charge is 0.465 e. The molecule has 1 N–H and O–H groups in total. The molecule has 0 radical (unpaired) electrons. The molecule has 9 heteroatoms. The van der Waals surface area contributed by atoms with Crippen LogP contribution in [0.15, 0.2) is 77.7 Å². The summed E-state index contributed by atoms with van der Waals surface area (Å²) in [6, 6.07) is 19.2. The van der Waals surface area contributed by atoms with Gasteiger partial charge in [-0.1, -0.05) is 48.9 Å². The molecule has 3 aromatic carbocycles. The van der Waals surface area contributed by atoms with Crippen molar-refractivity contribution in [3.63, 3.8) is 0 Å². The van der Waals surface area contributed by atoms with Crippen LogP contribution in [0.2, 0.25) is 5.02 Å². The molecule has 3 rings (SSSR count). The van der Waals surface area contributed by atoms with Crippen molar-refractivity contribution >= 4 is 44.9 Å². The summed E-state index contributed by atoms with van der Waals surface area (Å²) in [5.74, 6) is -1.24. The Balaban J connectivity index is 1.92. The lowest BCUT2D eigenvalue weighted by molar-refractivity contribution is -0.114. The Kier molecular flexibility index (Phi) is 7.73. The average Bonchev–Trinajstić information content (AvgIpc) is 2.83. The van der Waals surface area contributed by atoms with Gasteiger partial charge >= 0.3 is 5.97 Å². The quantitative estimate of drug-likeness (QED) is 0.472. The van der Waals surface area contributed by atoms with Crippen LogP contribution in [0.4, 0.5) is 11.4 Å². The smallest absolute Gasteiger partial charge is 0.339 e. The molecular weight excluding hydrogens is 464 g/mol. The lowest BCUT2D eigenvalue weighted by atomic mass is 10.1.